The molecule has 0 atom stereocenters. The SMILES string of the molecule is COC(=O)c1cn2c(n1)CN=C(C)C=C2. The third-order valence-electron chi connectivity index (χ3n) is 2.15. The van der Waals surface area contributed by atoms with Crippen molar-refractivity contribution in [3.8, 4) is 0 Å². The van der Waals surface area contributed by atoms with Crippen LogP contribution in [-0.2, 0) is 11.3 Å². The number of fused-ring (bicyclic) bond motifs is 1. The van der Waals surface area contributed by atoms with E-state index in [0.29, 0.717) is 12.2 Å². The van der Waals surface area contributed by atoms with E-state index in [9.17, 15) is 4.79 Å². The van der Waals surface area contributed by atoms with Crippen LogP contribution in [0, 0.1) is 0 Å². The topological polar surface area (TPSA) is 56.5 Å². The Morgan fingerprint density at radius 2 is 2.40 bits per heavy atom. The predicted molar refractivity (Wildman–Crippen MR) is 55.7 cm³/mol. The first-order chi connectivity index (χ1) is 7.20. The van der Waals surface area contributed by atoms with Crippen molar-refractivity contribution in [1.82, 2.24) is 9.55 Å². The third-order valence-corrected chi connectivity index (χ3v) is 2.15. The Labute approximate surface area is 87.1 Å². The average molecular weight is 205 g/mol. The molecule has 0 bridgehead atoms. The molecule has 0 saturated carbocycles. The van der Waals surface area contributed by atoms with Crippen molar-refractivity contribution in [2.75, 3.05) is 7.11 Å². The maximum Gasteiger partial charge on any atom is 0.358 e. The van der Waals surface area contributed by atoms with Gasteiger partial charge >= 0.3 is 5.97 Å². The van der Waals surface area contributed by atoms with Crippen LogP contribution in [0.2, 0.25) is 0 Å². The molecule has 1 aromatic rings. The van der Waals surface area contributed by atoms with Crippen LogP contribution < -0.4 is 0 Å². The summed E-state index contributed by atoms with van der Waals surface area (Å²) in [6.07, 6.45) is 5.35. The largest absolute Gasteiger partial charge is 0.464 e. The second-order valence-electron chi connectivity index (χ2n) is 3.21. The van der Waals surface area contributed by atoms with Crippen LogP contribution in [0.3, 0.4) is 0 Å². The van der Waals surface area contributed by atoms with Crippen molar-refractivity contribution in [3.05, 3.63) is 23.8 Å². The molecule has 2 rings (SSSR count). The second-order valence-corrected chi connectivity index (χ2v) is 3.21. The summed E-state index contributed by atoms with van der Waals surface area (Å²) < 4.78 is 6.38. The Balaban J connectivity index is 2.36. The number of carbonyl (C=O) groups is 1. The van der Waals surface area contributed by atoms with Crippen molar-refractivity contribution in [2.45, 2.75) is 13.5 Å². The van der Waals surface area contributed by atoms with E-state index in [1.807, 2.05) is 19.2 Å². The third kappa shape index (κ3) is 1.81. The summed E-state index contributed by atoms with van der Waals surface area (Å²) >= 11 is 0. The molecular formula is C10H11N3O2. The summed E-state index contributed by atoms with van der Waals surface area (Å²) in [4.78, 5) is 19.6. The number of methoxy groups -OCH3 is 1. The number of aliphatic imine (C=N–C) groups is 1. The van der Waals surface area contributed by atoms with E-state index in [0.717, 1.165) is 11.5 Å². The number of allylic oxidation sites excluding steroid dienone is 1. The van der Waals surface area contributed by atoms with Crippen molar-refractivity contribution in [1.29, 1.82) is 0 Å². The zero-order valence-corrected chi connectivity index (χ0v) is 8.60. The molecule has 0 aliphatic carbocycles. The highest BCUT2D eigenvalue weighted by atomic mass is 16.5. The molecule has 0 N–H and O–H groups in total. The second kappa shape index (κ2) is 3.68. The number of nitrogens with zero attached hydrogens (tertiary/aromatic N) is 3. The summed E-state index contributed by atoms with van der Waals surface area (Å²) in [5.41, 5.74) is 1.26. The maximum absolute atomic E-state index is 11.2. The number of esters is 1. The van der Waals surface area contributed by atoms with Crippen LogP contribution in [0.4, 0.5) is 0 Å². The summed E-state index contributed by atoms with van der Waals surface area (Å²) in [5.74, 6) is 0.313. The summed E-state index contributed by atoms with van der Waals surface area (Å²) in [5, 5.41) is 0. The van der Waals surface area contributed by atoms with Gasteiger partial charge in [-0.25, -0.2) is 9.78 Å². The fourth-order valence-corrected chi connectivity index (χ4v) is 1.32. The molecule has 5 heteroatoms. The van der Waals surface area contributed by atoms with E-state index < -0.39 is 5.97 Å². The zero-order chi connectivity index (χ0) is 10.8. The zero-order valence-electron chi connectivity index (χ0n) is 8.60. The van der Waals surface area contributed by atoms with Crippen LogP contribution in [0.15, 0.2) is 17.3 Å². The van der Waals surface area contributed by atoms with E-state index in [2.05, 4.69) is 14.7 Å². The minimum atomic E-state index is -0.426. The molecule has 78 valence electrons. The fraction of sp³-hybridized carbons (Fsp3) is 0.300. The van der Waals surface area contributed by atoms with E-state index in [1.165, 1.54) is 7.11 Å². The molecule has 0 unspecified atom stereocenters. The number of imidazole rings is 1. The lowest BCUT2D eigenvalue weighted by molar-refractivity contribution is 0.0594. The van der Waals surface area contributed by atoms with Gasteiger partial charge in [-0.3, -0.25) is 4.99 Å². The van der Waals surface area contributed by atoms with E-state index >= 15 is 0 Å². The van der Waals surface area contributed by atoms with Gasteiger partial charge in [-0.1, -0.05) is 0 Å². The highest BCUT2D eigenvalue weighted by Crippen LogP contribution is 2.09. The predicted octanol–water partition coefficient (Wildman–Crippen LogP) is 1.11. The van der Waals surface area contributed by atoms with E-state index in [-0.39, 0.29) is 0 Å². The van der Waals surface area contributed by atoms with Gasteiger partial charge in [0.15, 0.2) is 5.69 Å². The molecule has 0 amide bonds. The molecule has 15 heavy (non-hydrogen) atoms. The van der Waals surface area contributed by atoms with Gasteiger partial charge in [-0.05, 0) is 13.0 Å². The molecule has 1 aliphatic heterocycles. The smallest absolute Gasteiger partial charge is 0.358 e. The Hall–Kier alpha value is -1.91. The van der Waals surface area contributed by atoms with Crippen LogP contribution in [0.25, 0.3) is 6.20 Å². The van der Waals surface area contributed by atoms with Gasteiger partial charge < -0.3 is 9.30 Å². The van der Waals surface area contributed by atoms with Gasteiger partial charge in [-0.2, -0.15) is 0 Å². The Bertz CT molecular complexity index is 457. The minimum Gasteiger partial charge on any atom is -0.464 e. The minimum absolute atomic E-state index is 0.312. The van der Waals surface area contributed by atoms with Crippen LogP contribution in [-0.4, -0.2) is 28.3 Å². The molecule has 1 aliphatic rings. The highest BCUT2D eigenvalue weighted by Gasteiger charge is 2.14. The first kappa shape index (κ1) is 9.64. The van der Waals surface area contributed by atoms with Gasteiger partial charge in [0.25, 0.3) is 0 Å². The molecule has 0 fully saturated rings. The first-order valence-corrected chi connectivity index (χ1v) is 4.56. The van der Waals surface area contributed by atoms with E-state index in [1.54, 1.807) is 10.8 Å². The normalized spacial score (nSPS) is 14.1. The van der Waals surface area contributed by atoms with E-state index in [4.69, 9.17) is 0 Å². The van der Waals surface area contributed by atoms with Gasteiger partial charge in [0.05, 0.1) is 13.7 Å². The number of hydrogen-bond acceptors (Lipinski definition) is 4. The molecule has 1 aromatic heterocycles. The number of ether oxygens (including phenoxy) is 1. The van der Waals surface area contributed by atoms with Crippen molar-refractivity contribution < 1.29 is 9.53 Å². The first-order valence-electron chi connectivity index (χ1n) is 4.56. The Morgan fingerprint density at radius 1 is 1.60 bits per heavy atom. The number of aromatic nitrogens is 2. The van der Waals surface area contributed by atoms with Gasteiger partial charge in [-0.15, -0.1) is 0 Å². The lowest BCUT2D eigenvalue weighted by Gasteiger charge is -1.93. The summed E-state index contributed by atoms with van der Waals surface area (Å²) in [6.45, 7) is 2.40. The van der Waals surface area contributed by atoms with Crippen molar-refractivity contribution >= 4 is 17.9 Å². The van der Waals surface area contributed by atoms with Gasteiger partial charge in [0.1, 0.15) is 5.82 Å². The highest BCUT2D eigenvalue weighted by molar-refractivity contribution is 5.95. The quantitative estimate of drug-likeness (QED) is 0.645. The summed E-state index contributed by atoms with van der Waals surface area (Å²) in [7, 11) is 1.34. The maximum atomic E-state index is 11.2. The molecule has 0 spiro atoms. The standard InChI is InChI=1S/C10H11N3O2/c1-7-3-4-13-6-8(10(14)15-2)12-9(13)5-11-7/h3-4,6H,5H2,1-2H3. The number of carbonyl (C=O) groups excluding carboxylic acids is 1. The molecular weight excluding hydrogens is 194 g/mol. The molecule has 2 heterocycles. The van der Waals surface area contributed by atoms with Crippen LogP contribution in [0.5, 0.6) is 0 Å². The molecule has 0 radical (unpaired) electrons. The Morgan fingerprint density at radius 3 is 3.13 bits per heavy atom. The fourth-order valence-electron chi connectivity index (χ4n) is 1.32. The van der Waals surface area contributed by atoms with Crippen molar-refractivity contribution in [3.63, 3.8) is 0 Å². The van der Waals surface area contributed by atoms with Crippen LogP contribution in [0.1, 0.15) is 23.2 Å². The number of hydrogen-bond donors (Lipinski definition) is 0. The molecule has 0 saturated heterocycles. The van der Waals surface area contributed by atoms with Gasteiger partial charge in [0.2, 0.25) is 0 Å². The monoisotopic (exact) mass is 205 g/mol. The van der Waals surface area contributed by atoms with Crippen LogP contribution >= 0.6 is 0 Å². The summed E-state index contributed by atoms with van der Waals surface area (Å²) in [6, 6.07) is 0. The number of rotatable bonds is 1. The average Bonchev–Trinajstić information content (AvgIpc) is 2.58. The lowest BCUT2D eigenvalue weighted by atomic mass is 10.4. The van der Waals surface area contributed by atoms with Crippen molar-refractivity contribution in [2.24, 2.45) is 4.99 Å². The molecule has 5 nitrogen and oxygen atoms in total. The molecule has 0 aromatic carbocycles. The van der Waals surface area contributed by atoms with Gasteiger partial charge in [0, 0.05) is 18.1 Å². The lowest BCUT2D eigenvalue weighted by Crippen LogP contribution is -2.01. The Kier molecular flexibility index (Phi) is 2.37.